The minimum Gasteiger partial charge on any atom is -0.550 e. The second-order valence-electron chi connectivity index (χ2n) is 13.1. The van der Waals surface area contributed by atoms with Crippen LogP contribution in [0.25, 0.3) is 0 Å². The summed E-state index contributed by atoms with van der Waals surface area (Å²) in [5, 5.41) is 32.6. The predicted molar refractivity (Wildman–Crippen MR) is 215 cm³/mol. The van der Waals surface area contributed by atoms with Crippen molar-refractivity contribution < 1.29 is 44.1 Å². The number of carboxylic acid groups (broad SMARTS) is 3. The average molecular weight is 969 g/mol. The van der Waals surface area contributed by atoms with E-state index in [9.17, 15) is 44.1 Å². The van der Waals surface area contributed by atoms with Crippen molar-refractivity contribution in [2.45, 2.75) is 38.5 Å². The van der Waals surface area contributed by atoms with E-state index in [-0.39, 0.29) is 43.6 Å². The quantitative estimate of drug-likeness (QED) is 0.122. The Morgan fingerprint density at radius 2 is 0.534 bits per heavy atom. The van der Waals surface area contributed by atoms with Gasteiger partial charge in [0.15, 0.2) is 17.3 Å². The molecule has 0 aromatic heterocycles. The fraction of sp³-hybridized carbons (Fsp3) is 0.125. The van der Waals surface area contributed by atoms with E-state index in [2.05, 4.69) is 0 Å². The zero-order valence-corrected chi connectivity index (χ0v) is 35.4. The van der Waals surface area contributed by atoms with E-state index < -0.39 is 35.7 Å². The zero-order chi connectivity index (χ0) is 41.5. The van der Waals surface area contributed by atoms with Crippen LogP contribution in [-0.2, 0) is 14.4 Å². The van der Waals surface area contributed by atoms with E-state index >= 15 is 0 Å². The Hall–Kier alpha value is -6.38. The van der Waals surface area contributed by atoms with Gasteiger partial charge in [-0.1, -0.05) is 166 Å². The molecule has 3 unspecified atom stereocenters. The third kappa shape index (κ3) is 12.8. The molecular formula is C48H39BiO9. The molecule has 6 aromatic rings. The fourth-order valence-corrected chi connectivity index (χ4v) is 5.52. The van der Waals surface area contributed by atoms with Crippen LogP contribution in [0.2, 0.25) is 0 Å². The molecule has 0 amide bonds. The normalized spacial score (nSPS) is 11.6. The molecule has 2 radical (unpaired) electrons. The van der Waals surface area contributed by atoms with E-state index in [4.69, 9.17) is 0 Å². The number of carbonyl (C=O) groups is 6. The summed E-state index contributed by atoms with van der Waals surface area (Å²) in [6.45, 7) is 4.63. The molecule has 0 saturated heterocycles. The molecule has 0 fully saturated rings. The standard InChI is InChI=1S/3C16H14O3.Bi/c3*1-11(16(18)19)13-8-5-9-14(10-13)15(17)12-6-3-2-4-7-12;/h3*2-11H,1H3,(H,18,19);/q;;;+3/p-3. The average Bonchev–Trinajstić information content (AvgIpc) is 3.26. The number of carboxylic acids is 3. The summed E-state index contributed by atoms with van der Waals surface area (Å²) in [6, 6.07) is 46.6. The summed E-state index contributed by atoms with van der Waals surface area (Å²) >= 11 is 0. The molecule has 58 heavy (non-hydrogen) atoms. The van der Waals surface area contributed by atoms with Gasteiger partial charge in [0.25, 0.3) is 0 Å². The van der Waals surface area contributed by atoms with Gasteiger partial charge in [-0.25, -0.2) is 0 Å². The summed E-state index contributed by atoms with van der Waals surface area (Å²) < 4.78 is 0. The zero-order valence-electron chi connectivity index (χ0n) is 31.9. The van der Waals surface area contributed by atoms with Crippen LogP contribution in [0.15, 0.2) is 164 Å². The van der Waals surface area contributed by atoms with Crippen LogP contribution in [0, 0.1) is 0 Å². The molecule has 0 aliphatic carbocycles. The van der Waals surface area contributed by atoms with Gasteiger partial charge in [-0.3, -0.25) is 14.4 Å². The van der Waals surface area contributed by atoms with Crippen LogP contribution in [0.4, 0.5) is 0 Å². The largest absolute Gasteiger partial charge is 3.00 e. The van der Waals surface area contributed by atoms with Gasteiger partial charge in [0.2, 0.25) is 0 Å². The van der Waals surface area contributed by atoms with E-state index in [1.165, 1.54) is 0 Å². The van der Waals surface area contributed by atoms with Crippen molar-refractivity contribution in [3.05, 3.63) is 214 Å². The molecule has 0 N–H and O–H groups in total. The summed E-state index contributed by atoms with van der Waals surface area (Å²) in [4.78, 5) is 69.2. The maximum Gasteiger partial charge on any atom is 3.00 e. The van der Waals surface area contributed by atoms with Crippen molar-refractivity contribution in [3.63, 3.8) is 0 Å². The molecule has 0 bridgehead atoms. The van der Waals surface area contributed by atoms with E-state index in [0.717, 1.165) is 0 Å². The van der Waals surface area contributed by atoms with Crippen LogP contribution in [0.5, 0.6) is 0 Å². The number of rotatable bonds is 12. The van der Waals surface area contributed by atoms with Gasteiger partial charge in [0.05, 0.1) is 0 Å². The number of benzene rings is 6. The van der Waals surface area contributed by atoms with Crippen molar-refractivity contribution in [3.8, 4) is 0 Å². The van der Waals surface area contributed by atoms with E-state index in [1.54, 1.807) is 166 Å². The van der Waals surface area contributed by atoms with Crippen molar-refractivity contribution >= 4 is 61.5 Å². The molecule has 0 aliphatic heterocycles. The topological polar surface area (TPSA) is 172 Å². The van der Waals surface area contributed by atoms with Crippen LogP contribution in [0.1, 0.15) is 103 Å². The Morgan fingerprint density at radius 3 is 0.741 bits per heavy atom. The summed E-state index contributed by atoms with van der Waals surface area (Å²) in [6.07, 6.45) is 0. The fourth-order valence-electron chi connectivity index (χ4n) is 5.52. The van der Waals surface area contributed by atoms with Crippen molar-refractivity contribution in [1.29, 1.82) is 0 Å². The van der Waals surface area contributed by atoms with Gasteiger partial charge in [-0.05, 0) is 34.9 Å². The van der Waals surface area contributed by atoms with Gasteiger partial charge in [-0.2, -0.15) is 0 Å². The van der Waals surface area contributed by atoms with Gasteiger partial charge < -0.3 is 29.7 Å². The maximum atomic E-state index is 12.2. The minimum absolute atomic E-state index is 0. The molecule has 290 valence electrons. The first kappa shape index (κ1) is 46.0. The predicted octanol–water partition coefficient (Wildman–Crippen LogP) is 4.93. The van der Waals surface area contributed by atoms with Crippen molar-refractivity contribution in [2.24, 2.45) is 0 Å². The number of aliphatic carboxylic acids is 3. The van der Waals surface area contributed by atoms with E-state index in [0.29, 0.717) is 50.1 Å². The number of hydrogen-bond donors (Lipinski definition) is 0. The number of ketones is 3. The monoisotopic (exact) mass is 968 g/mol. The molecular weight excluding hydrogens is 929 g/mol. The van der Waals surface area contributed by atoms with Gasteiger partial charge >= 0.3 is 26.2 Å². The van der Waals surface area contributed by atoms with Gasteiger partial charge in [0, 0.05) is 69.0 Å². The van der Waals surface area contributed by atoms with Gasteiger partial charge in [0.1, 0.15) is 0 Å². The summed E-state index contributed by atoms with van der Waals surface area (Å²) in [7, 11) is 0. The first-order valence-electron chi connectivity index (χ1n) is 18.0. The summed E-state index contributed by atoms with van der Waals surface area (Å²) in [5.41, 5.74) is 4.91. The van der Waals surface area contributed by atoms with Crippen LogP contribution in [0.3, 0.4) is 0 Å². The third-order valence-electron chi connectivity index (χ3n) is 9.12. The summed E-state index contributed by atoms with van der Waals surface area (Å²) in [5.74, 6) is -6.00. The molecule has 6 aromatic carbocycles. The van der Waals surface area contributed by atoms with Crippen LogP contribution < -0.4 is 15.3 Å². The Morgan fingerprint density at radius 1 is 0.328 bits per heavy atom. The SMILES string of the molecule is CC(C(=O)[O-])c1cccc(C(=O)c2ccccc2)c1.CC(C(=O)[O-])c1cccc(C(=O)c2ccccc2)c1.CC(C(=O)[O-])c1cccc(C(=O)c2ccccc2)c1.[Bi+3]. The second kappa shape index (κ2) is 22.4. The molecule has 6 rings (SSSR count). The molecule has 3 atom stereocenters. The van der Waals surface area contributed by atoms with Crippen molar-refractivity contribution in [1.82, 2.24) is 0 Å². The Kier molecular flexibility index (Phi) is 17.8. The van der Waals surface area contributed by atoms with E-state index in [1.807, 2.05) is 18.2 Å². The molecule has 0 spiro atoms. The van der Waals surface area contributed by atoms with Crippen molar-refractivity contribution in [2.75, 3.05) is 0 Å². The van der Waals surface area contributed by atoms with Crippen LogP contribution >= 0.6 is 0 Å². The first-order valence-corrected chi connectivity index (χ1v) is 18.0. The molecule has 0 aliphatic rings. The first-order chi connectivity index (χ1) is 27.3. The molecule has 10 heteroatoms. The van der Waals surface area contributed by atoms with Gasteiger partial charge in [-0.15, -0.1) is 0 Å². The smallest absolute Gasteiger partial charge is 0.550 e. The minimum atomic E-state index is -1.15. The Bertz CT molecular complexity index is 2080. The maximum absolute atomic E-state index is 12.2. The second-order valence-corrected chi connectivity index (χ2v) is 13.1. The molecule has 9 nitrogen and oxygen atoms in total. The van der Waals surface area contributed by atoms with Crippen LogP contribution in [-0.4, -0.2) is 61.5 Å². The third-order valence-corrected chi connectivity index (χ3v) is 9.12. The molecule has 0 saturated carbocycles. The molecule has 0 heterocycles. The number of carbonyl (C=O) groups excluding carboxylic acids is 6. The Balaban J connectivity index is 0.000000231. The number of hydrogen-bond acceptors (Lipinski definition) is 9. The Labute approximate surface area is 356 Å².